The van der Waals surface area contributed by atoms with Crippen LogP contribution in [-0.2, 0) is 20.9 Å². The van der Waals surface area contributed by atoms with Crippen LogP contribution in [0.15, 0.2) is 0 Å². The van der Waals surface area contributed by atoms with Crippen LogP contribution < -0.4 is 0 Å². The van der Waals surface area contributed by atoms with Crippen molar-refractivity contribution in [2.75, 3.05) is 13.2 Å². The van der Waals surface area contributed by atoms with Crippen LogP contribution >= 0.6 is 17.1 Å². The molecule has 0 bridgehead atoms. The third kappa shape index (κ3) is 10.6. The Kier molecular flexibility index (Phi) is 7.80. The molecule has 0 unspecified atom stereocenters. The Bertz CT molecular complexity index is 319. The van der Waals surface area contributed by atoms with Gasteiger partial charge >= 0.3 is 0 Å². The normalized spacial score (nSPS) is 14.7. The first-order valence-corrected chi connectivity index (χ1v) is 11.3. The predicted octanol–water partition coefficient (Wildman–Crippen LogP) is 6.26. The van der Waals surface area contributed by atoms with Crippen LogP contribution in [0.4, 0.5) is 0 Å². The lowest BCUT2D eigenvalue weighted by Crippen LogP contribution is -2.19. The quantitative estimate of drug-likeness (QED) is 0.509. The van der Waals surface area contributed by atoms with Gasteiger partial charge < -0.3 is 9.05 Å². The van der Waals surface area contributed by atoms with Crippen LogP contribution in [0.2, 0.25) is 0 Å². The molecule has 0 rings (SSSR count). The molecule has 0 aliphatic carbocycles. The summed E-state index contributed by atoms with van der Waals surface area (Å²) in [5.41, 5.74) is -2.09. The Morgan fingerprint density at radius 1 is 0.850 bits per heavy atom. The summed E-state index contributed by atoms with van der Waals surface area (Å²) in [5, 5.41) is 0. The zero-order chi connectivity index (χ0) is 16.2. The van der Waals surface area contributed by atoms with Crippen LogP contribution in [0, 0.1) is 10.8 Å². The molecule has 0 saturated heterocycles. The van der Waals surface area contributed by atoms with E-state index < -0.39 is 5.69 Å². The standard InChI is InChI=1S/C15H33O2PS2/c1-10-15(8,9)20-18(19,16-11-13(2,3)4)17-12-14(5,6)7/h10-12H2,1-9H3. The summed E-state index contributed by atoms with van der Waals surface area (Å²) in [6.45, 7) is 20.8. The zero-order valence-corrected chi connectivity index (χ0v) is 17.2. The average molecular weight is 341 g/mol. The van der Waals surface area contributed by atoms with Gasteiger partial charge in [0.25, 0.3) is 0 Å². The summed E-state index contributed by atoms with van der Waals surface area (Å²) in [5.74, 6) is 0. The van der Waals surface area contributed by atoms with E-state index in [1.54, 1.807) is 11.4 Å². The molecular weight excluding hydrogens is 307 g/mol. The fraction of sp³-hybridized carbons (Fsp3) is 1.00. The summed E-state index contributed by atoms with van der Waals surface area (Å²) >= 11 is 7.49. The monoisotopic (exact) mass is 340 g/mol. The lowest BCUT2D eigenvalue weighted by atomic mass is 9.99. The summed E-state index contributed by atoms with van der Waals surface area (Å²) < 4.78 is 12.3. The molecule has 0 fully saturated rings. The Balaban J connectivity index is 4.89. The highest BCUT2D eigenvalue weighted by atomic mass is 32.9. The van der Waals surface area contributed by atoms with Crippen molar-refractivity contribution >= 4 is 28.9 Å². The van der Waals surface area contributed by atoms with Crippen LogP contribution in [0.25, 0.3) is 0 Å². The van der Waals surface area contributed by atoms with Gasteiger partial charge in [-0.2, -0.15) is 0 Å². The van der Waals surface area contributed by atoms with E-state index in [4.69, 9.17) is 20.9 Å². The van der Waals surface area contributed by atoms with E-state index >= 15 is 0 Å². The van der Waals surface area contributed by atoms with Gasteiger partial charge in [0.2, 0.25) is 5.69 Å². The topological polar surface area (TPSA) is 18.5 Å². The van der Waals surface area contributed by atoms with Crippen molar-refractivity contribution in [2.45, 2.75) is 73.5 Å². The molecule has 0 atom stereocenters. The molecule has 0 aliphatic heterocycles. The van der Waals surface area contributed by atoms with Gasteiger partial charge in [-0.1, -0.05) is 73.7 Å². The highest BCUT2D eigenvalue weighted by Crippen LogP contribution is 2.66. The van der Waals surface area contributed by atoms with Crippen molar-refractivity contribution in [1.29, 1.82) is 0 Å². The lowest BCUT2D eigenvalue weighted by molar-refractivity contribution is 0.155. The summed E-state index contributed by atoms with van der Waals surface area (Å²) in [4.78, 5) is 0. The van der Waals surface area contributed by atoms with Gasteiger partial charge in [-0.05, 0) is 29.1 Å². The predicted molar refractivity (Wildman–Crippen MR) is 97.1 cm³/mol. The molecule has 122 valence electrons. The van der Waals surface area contributed by atoms with Gasteiger partial charge in [0.15, 0.2) is 0 Å². The highest BCUT2D eigenvalue weighted by molar-refractivity contribution is 8.68. The molecule has 0 aromatic rings. The number of rotatable bonds is 7. The molecule has 5 heteroatoms. The summed E-state index contributed by atoms with van der Waals surface area (Å²) in [6, 6.07) is 0. The molecule has 0 aromatic heterocycles. The van der Waals surface area contributed by atoms with Crippen molar-refractivity contribution in [1.82, 2.24) is 0 Å². The highest BCUT2D eigenvalue weighted by Gasteiger charge is 2.32. The second kappa shape index (κ2) is 7.46. The fourth-order valence-electron chi connectivity index (χ4n) is 1.00. The van der Waals surface area contributed by atoms with Gasteiger partial charge in [-0.15, -0.1) is 0 Å². The maximum Gasteiger partial charge on any atom is 0.247 e. The molecule has 0 aromatic carbocycles. The Hall–Kier alpha value is 0.920. The van der Waals surface area contributed by atoms with E-state index in [1.165, 1.54) is 0 Å². The third-order valence-electron chi connectivity index (χ3n) is 2.52. The minimum atomic E-state index is -2.30. The average Bonchev–Trinajstić information content (AvgIpc) is 2.22. The van der Waals surface area contributed by atoms with Crippen molar-refractivity contribution in [3.8, 4) is 0 Å². The second-order valence-corrected chi connectivity index (χ2v) is 15.1. The molecule has 0 heterocycles. The molecule has 0 spiro atoms. The Morgan fingerprint density at radius 2 is 1.20 bits per heavy atom. The van der Waals surface area contributed by atoms with Crippen LogP contribution in [0.3, 0.4) is 0 Å². The van der Waals surface area contributed by atoms with Crippen LogP contribution in [0.1, 0.15) is 68.7 Å². The second-order valence-electron chi connectivity index (χ2n) is 8.32. The van der Waals surface area contributed by atoms with Gasteiger partial charge in [-0.3, -0.25) is 0 Å². The zero-order valence-electron chi connectivity index (χ0n) is 14.7. The van der Waals surface area contributed by atoms with Crippen molar-refractivity contribution in [3.63, 3.8) is 0 Å². The minimum absolute atomic E-state index is 0.0886. The van der Waals surface area contributed by atoms with Crippen molar-refractivity contribution in [3.05, 3.63) is 0 Å². The maximum absolute atomic E-state index is 6.09. The Labute approximate surface area is 135 Å². The fourth-order valence-corrected chi connectivity index (χ4v) is 7.98. The first-order valence-electron chi connectivity index (χ1n) is 7.28. The maximum atomic E-state index is 6.09. The van der Waals surface area contributed by atoms with Gasteiger partial charge in [0.05, 0.1) is 13.2 Å². The first kappa shape index (κ1) is 20.9. The van der Waals surface area contributed by atoms with E-state index in [2.05, 4.69) is 62.3 Å². The largest absolute Gasteiger partial charge is 0.321 e. The van der Waals surface area contributed by atoms with Crippen LogP contribution in [0.5, 0.6) is 0 Å². The van der Waals surface area contributed by atoms with E-state index in [-0.39, 0.29) is 15.6 Å². The minimum Gasteiger partial charge on any atom is -0.321 e. The number of hydrogen-bond donors (Lipinski definition) is 0. The number of hydrogen-bond acceptors (Lipinski definition) is 4. The summed E-state index contributed by atoms with van der Waals surface area (Å²) in [6.07, 6.45) is 1.05. The van der Waals surface area contributed by atoms with E-state index in [0.717, 1.165) is 6.42 Å². The molecule has 0 radical (unpaired) electrons. The van der Waals surface area contributed by atoms with Crippen LogP contribution in [-0.4, -0.2) is 18.0 Å². The van der Waals surface area contributed by atoms with Crippen molar-refractivity contribution in [2.24, 2.45) is 10.8 Å². The SMILES string of the molecule is CCC(C)(C)SP(=S)(OCC(C)(C)C)OCC(C)(C)C. The first-order chi connectivity index (χ1) is 8.68. The van der Waals surface area contributed by atoms with Crippen molar-refractivity contribution < 1.29 is 9.05 Å². The lowest BCUT2D eigenvalue weighted by Gasteiger charge is -2.33. The van der Waals surface area contributed by atoms with Gasteiger partial charge in [0.1, 0.15) is 0 Å². The Morgan fingerprint density at radius 3 is 1.45 bits per heavy atom. The molecule has 2 nitrogen and oxygen atoms in total. The van der Waals surface area contributed by atoms with Gasteiger partial charge in [-0.25, -0.2) is 0 Å². The van der Waals surface area contributed by atoms with Gasteiger partial charge in [0, 0.05) is 4.75 Å². The molecule has 0 aliphatic rings. The third-order valence-corrected chi connectivity index (χ3v) is 8.51. The van der Waals surface area contributed by atoms with E-state index in [0.29, 0.717) is 13.2 Å². The smallest absolute Gasteiger partial charge is 0.247 e. The molecule has 20 heavy (non-hydrogen) atoms. The molecule has 0 N–H and O–H groups in total. The van der Waals surface area contributed by atoms with E-state index in [9.17, 15) is 0 Å². The summed E-state index contributed by atoms with van der Waals surface area (Å²) in [7, 11) is 0. The molecular formula is C15H33O2PS2. The molecule has 0 saturated carbocycles. The molecule has 0 amide bonds. The van der Waals surface area contributed by atoms with E-state index in [1.807, 2.05) is 0 Å².